The highest BCUT2D eigenvalue weighted by atomic mass is 35.5. The molecule has 2 aromatic carbocycles. The van der Waals surface area contributed by atoms with Gasteiger partial charge in [0.05, 0.1) is 23.9 Å². The highest BCUT2D eigenvalue weighted by Gasteiger charge is 2.37. The number of benzene rings is 2. The SMILES string of the molecule is CCCCCCCCOc1c(Cl)cc(/C=C2\C(=O)NC(=O)N(c3cc(Cl)ccc3C)C2=O)cc1OCC. The Bertz CT molecular complexity index is 1200. The first-order valence-corrected chi connectivity index (χ1v) is 13.3. The normalized spacial score (nSPS) is 14.8. The van der Waals surface area contributed by atoms with Crippen molar-refractivity contribution in [3.05, 3.63) is 57.1 Å². The van der Waals surface area contributed by atoms with Gasteiger partial charge in [0.1, 0.15) is 5.57 Å². The molecule has 4 amide bonds. The number of hydrogen-bond donors (Lipinski definition) is 1. The molecule has 9 heteroatoms. The van der Waals surface area contributed by atoms with Gasteiger partial charge in [-0.1, -0.05) is 68.3 Å². The molecule has 2 aromatic rings. The second-order valence-electron chi connectivity index (χ2n) is 8.77. The largest absolute Gasteiger partial charge is 0.490 e. The highest BCUT2D eigenvalue weighted by Crippen LogP contribution is 2.38. The van der Waals surface area contributed by atoms with Gasteiger partial charge in [0.15, 0.2) is 11.5 Å². The molecule has 0 unspecified atom stereocenters. The lowest BCUT2D eigenvalue weighted by molar-refractivity contribution is -0.122. The number of carbonyl (C=O) groups is 3. The molecule has 0 saturated carbocycles. The van der Waals surface area contributed by atoms with Crippen molar-refractivity contribution in [3.63, 3.8) is 0 Å². The lowest BCUT2D eigenvalue weighted by Gasteiger charge is -2.27. The van der Waals surface area contributed by atoms with E-state index in [0.29, 0.717) is 51.6 Å². The van der Waals surface area contributed by atoms with Crippen LogP contribution >= 0.6 is 23.2 Å². The summed E-state index contributed by atoms with van der Waals surface area (Å²) in [7, 11) is 0. The van der Waals surface area contributed by atoms with Crippen molar-refractivity contribution in [3.8, 4) is 11.5 Å². The number of amides is 4. The van der Waals surface area contributed by atoms with E-state index < -0.39 is 17.8 Å². The Morgan fingerprint density at radius 2 is 1.68 bits per heavy atom. The van der Waals surface area contributed by atoms with Crippen LogP contribution in [0.1, 0.15) is 63.5 Å². The fourth-order valence-corrected chi connectivity index (χ4v) is 4.44. The number of anilines is 1. The van der Waals surface area contributed by atoms with Crippen LogP contribution in [0.5, 0.6) is 11.5 Å². The van der Waals surface area contributed by atoms with Crippen LogP contribution in [0.25, 0.3) is 6.08 Å². The van der Waals surface area contributed by atoms with Crippen LogP contribution in [-0.2, 0) is 9.59 Å². The molecular weight excluding hydrogens is 515 g/mol. The van der Waals surface area contributed by atoms with Crippen molar-refractivity contribution in [1.29, 1.82) is 0 Å². The quantitative estimate of drug-likeness (QED) is 0.174. The standard InChI is InChI=1S/C28H32Cl2N2O5/c1-4-6-7-8-9-10-13-37-25-22(30)15-19(16-24(25)36-5-2)14-21-26(33)31-28(35)32(27(21)34)23-17-20(29)12-11-18(23)3/h11-12,14-17H,4-10,13H2,1-3H3,(H,31,33,35)/b21-14+. The number of rotatable bonds is 12. The Hall–Kier alpha value is -3.03. The average molecular weight is 547 g/mol. The number of nitrogens with one attached hydrogen (secondary N) is 1. The second-order valence-corrected chi connectivity index (χ2v) is 9.61. The minimum absolute atomic E-state index is 0.224. The Kier molecular flexibility index (Phi) is 10.4. The van der Waals surface area contributed by atoms with Gasteiger partial charge in [-0.25, -0.2) is 9.69 Å². The summed E-state index contributed by atoms with van der Waals surface area (Å²) in [6, 6.07) is 7.26. The van der Waals surface area contributed by atoms with Gasteiger partial charge in [0.2, 0.25) is 0 Å². The molecule has 0 atom stereocenters. The lowest BCUT2D eigenvalue weighted by atomic mass is 10.1. The fourth-order valence-electron chi connectivity index (χ4n) is 4.00. The maximum Gasteiger partial charge on any atom is 0.335 e. The summed E-state index contributed by atoms with van der Waals surface area (Å²) in [5, 5.41) is 2.87. The number of carbonyl (C=O) groups excluding carboxylic acids is 3. The summed E-state index contributed by atoms with van der Waals surface area (Å²) in [4.78, 5) is 39.4. The number of imide groups is 2. The number of ether oxygens (including phenoxy) is 2. The predicted molar refractivity (Wildman–Crippen MR) is 147 cm³/mol. The zero-order valence-corrected chi connectivity index (χ0v) is 22.9. The number of barbiturate groups is 1. The molecule has 0 aromatic heterocycles. The van der Waals surface area contributed by atoms with E-state index in [0.717, 1.165) is 17.7 Å². The molecule has 198 valence electrons. The molecule has 1 heterocycles. The van der Waals surface area contributed by atoms with E-state index in [-0.39, 0.29) is 5.57 Å². The number of hydrogen-bond acceptors (Lipinski definition) is 5. The van der Waals surface area contributed by atoms with Gasteiger partial charge >= 0.3 is 6.03 Å². The fraction of sp³-hybridized carbons (Fsp3) is 0.393. The van der Waals surface area contributed by atoms with E-state index in [1.54, 1.807) is 31.2 Å². The summed E-state index contributed by atoms with van der Waals surface area (Å²) in [6.45, 7) is 6.64. The molecule has 0 bridgehead atoms. The number of unbranched alkanes of at least 4 members (excludes halogenated alkanes) is 5. The molecule has 0 radical (unpaired) electrons. The average Bonchev–Trinajstić information content (AvgIpc) is 2.84. The maximum atomic E-state index is 13.3. The van der Waals surface area contributed by atoms with Crippen LogP contribution in [0.2, 0.25) is 10.0 Å². The number of halogens is 2. The van der Waals surface area contributed by atoms with E-state index in [4.69, 9.17) is 32.7 Å². The number of urea groups is 1. The topological polar surface area (TPSA) is 84.9 Å². The summed E-state index contributed by atoms with van der Waals surface area (Å²) >= 11 is 12.6. The second kappa shape index (κ2) is 13.5. The smallest absolute Gasteiger partial charge is 0.335 e. The van der Waals surface area contributed by atoms with Crippen molar-refractivity contribution in [2.45, 2.75) is 59.3 Å². The van der Waals surface area contributed by atoms with Crippen LogP contribution in [0, 0.1) is 6.92 Å². The van der Waals surface area contributed by atoms with E-state index >= 15 is 0 Å². The van der Waals surface area contributed by atoms with Crippen LogP contribution in [0.4, 0.5) is 10.5 Å². The van der Waals surface area contributed by atoms with Gasteiger partial charge in [0, 0.05) is 5.02 Å². The van der Waals surface area contributed by atoms with Gasteiger partial charge in [-0.2, -0.15) is 0 Å². The molecule has 1 saturated heterocycles. The Morgan fingerprint density at radius 3 is 2.41 bits per heavy atom. The van der Waals surface area contributed by atoms with Gasteiger partial charge < -0.3 is 9.47 Å². The highest BCUT2D eigenvalue weighted by molar-refractivity contribution is 6.40. The minimum Gasteiger partial charge on any atom is -0.490 e. The van der Waals surface area contributed by atoms with E-state index in [9.17, 15) is 14.4 Å². The van der Waals surface area contributed by atoms with Crippen LogP contribution < -0.4 is 19.7 Å². The monoisotopic (exact) mass is 546 g/mol. The van der Waals surface area contributed by atoms with Gasteiger partial charge in [0.25, 0.3) is 11.8 Å². The molecule has 1 aliphatic rings. The summed E-state index contributed by atoms with van der Waals surface area (Å²) in [6.07, 6.45) is 8.18. The summed E-state index contributed by atoms with van der Waals surface area (Å²) < 4.78 is 11.7. The summed E-state index contributed by atoms with van der Waals surface area (Å²) in [5.74, 6) is -0.736. The Labute approximate surface area is 227 Å². The van der Waals surface area contributed by atoms with Crippen LogP contribution in [0.15, 0.2) is 35.9 Å². The van der Waals surface area contributed by atoms with Crippen molar-refractivity contribution < 1.29 is 23.9 Å². The lowest BCUT2D eigenvalue weighted by Crippen LogP contribution is -2.54. The molecule has 1 N–H and O–H groups in total. The molecule has 0 spiro atoms. The first-order chi connectivity index (χ1) is 17.8. The third-order valence-corrected chi connectivity index (χ3v) is 6.42. The molecule has 1 fully saturated rings. The van der Waals surface area contributed by atoms with Crippen LogP contribution in [-0.4, -0.2) is 31.1 Å². The molecule has 1 aliphatic heterocycles. The van der Waals surface area contributed by atoms with E-state index in [1.165, 1.54) is 37.8 Å². The number of nitrogens with zero attached hydrogens (tertiary/aromatic N) is 1. The molecule has 37 heavy (non-hydrogen) atoms. The zero-order valence-electron chi connectivity index (χ0n) is 21.4. The van der Waals surface area contributed by atoms with Crippen LogP contribution in [0.3, 0.4) is 0 Å². The molecule has 0 aliphatic carbocycles. The first kappa shape index (κ1) is 28.5. The van der Waals surface area contributed by atoms with Gasteiger partial charge in [-0.15, -0.1) is 0 Å². The third kappa shape index (κ3) is 7.27. The molecular formula is C28H32Cl2N2O5. The van der Waals surface area contributed by atoms with Gasteiger partial charge in [-0.3, -0.25) is 14.9 Å². The van der Waals surface area contributed by atoms with Gasteiger partial charge in [-0.05, 0) is 61.7 Å². The minimum atomic E-state index is -0.844. The molecule has 7 nitrogen and oxygen atoms in total. The predicted octanol–water partition coefficient (Wildman–Crippen LogP) is 7.11. The third-order valence-electron chi connectivity index (χ3n) is 5.90. The van der Waals surface area contributed by atoms with Crippen molar-refractivity contribution >= 4 is 52.8 Å². The van der Waals surface area contributed by atoms with E-state index in [2.05, 4.69) is 12.2 Å². The van der Waals surface area contributed by atoms with E-state index in [1.807, 2.05) is 6.92 Å². The Balaban J connectivity index is 1.85. The Morgan fingerprint density at radius 1 is 0.946 bits per heavy atom. The summed E-state index contributed by atoms with van der Waals surface area (Å²) in [5.41, 5.74) is 1.17. The maximum absolute atomic E-state index is 13.3. The number of aryl methyl sites for hydroxylation is 1. The van der Waals surface area contributed by atoms with Crippen molar-refractivity contribution in [1.82, 2.24) is 5.32 Å². The van der Waals surface area contributed by atoms with Crippen molar-refractivity contribution in [2.24, 2.45) is 0 Å². The molecule has 3 rings (SSSR count). The van der Waals surface area contributed by atoms with Crippen molar-refractivity contribution in [2.75, 3.05) is 18.1 Å². The zero-order chi connectivity index (χ0) is 26.9. The first-order valence-electron chi connectivity index (χ1n) is 12.5.